The van der Waals surface area contributed by atoms with E-state index in [0.717, 1.165) is 0 Å². The van der Waals surface area contributed by atoms with Crippen LogP contribution in [-0.2, 0) is 5.60 Å². The van der Waals surface area contributed by atoms with Gasteiger partial charge in [0.05, 0.1) is 5.69 Å². The van der Waals surface area contributed by atoms with Crippen molar-refractivity contribution in [3.05, 3.63) is 76.1 Å². The standard InChI is InChI=1S/C13H12N2O3/c16-13(10-15(17)18,11-6-2-1-3-7-11)12-8-4-5-9-14-12/h1-9,16H,10H2. The zero-order valence-electron chi connectivity index (χ0n) is 9.56. The second-order valence-corrected chi connectivity index (χ2v) is 3.93. The van der Waals surface area contributed by atoms with Gasteiger partial charge in [0.2, 0.25) is 6.54 Å². The molecule has 5 heteroatoms. The van der Waals surface area contributed by atoms with E-state index in [2.05, 4.69) is 4.98 Å². The summed E-state index contributed by atoms with van der Waals surface area (Å²) in [5.74, 6) is 0. The molecule has 2 rings (SSSR count). The summed E-state index contributed by atoms with van der Waals surface area (Å²) in [4.78, 5) is 14.3. The summed E-state index contributed by atoms with van der Waals surface area (Å²) in [6.07, 6.45) is 1.50. The maximum Gasteiger partial charge on any atom is 0.242 e. The highest BCUT2D eigenvalue weighted by molar-refractivity contribution is 5.32. The van der Waals surface area contributed by atoms with Crippen molar-refractivity contribution in [1.29, 1.82) is 0 Å². The van der Waals surface area contributed by atoms with Crippen LogP contribution in [0.2, 0.25) is 0 Å². The van der Waals surface area contributed by atoms with Crippen molar-refractivity contribution in [2.75, 3.05) is 6.54 Å². The molecule has 0 bridgehead atoms. The molecule has 2 aromatic rings. The first-order valence-electron chi connectivity index (χ1n) is 5.44. The molecule has 0 amide bonds. The van der Waals surface area contributed by atoms with E-state index < -0.39 is 17.1 Å². The Morgan fingerprint density at radius 2 is 1.83 bits per heavy atom. The number of aliphatic hydroxyl groups is 1. The lowest BCUT2D eigenvalue weighted by Crippen LogP contribution is -2.36. The lowest BCUT2D eigenvalue weighted by Gasteiger charge is -2.23. The number of benzene rings is 1. The van der Waals surface area contributed by atoms with Gasteiger partial charge in [-0.2, -0.15) is 0 Å². The normalized spacial score (nSPS) is 13.8. The van der Waals surface area contributed by atoms with Crippen LogP contribution in [0.1, 0.15) is 11.3 Å². The molecule has 0 aliphatic rings. The van der Waals surface area contributed by atoms with Crippen LogP contribution in [0.25, 0.3) is 0 Å². The number of nitrogens with zero attached hydrogens (tertiary/aromatic N) is 2. The van der Waals surface area contributed by atoms with Crippen LogP contribution in [0.15, 0.2) is 54.7 Å². The largest absolute Gasteiger partial charge is 0.373 e. The van der Waals surface area contributed by atoms with Crippen LogP contribution in [-0.4, -0.2) is 21.6 Å². The number of aromatic nitrogens is 1. The predicted octanol–water partition coefficient (Wildman–Crippen LogP) is 1.59. The van der Waals surface area contributed by atoms with Crippen LogP contribution < -0.4 is 0 Å². The van der Waals surface area contributed by atoms with Gasteiger partial charge in [-0.25, -0.2) is 0 Å². The smallest absolute Gasteiger partial charge is 0.242 e. The average Bonchev–Trinajstić information content (AvgIpc) is 2.40. The molecule has 1 heterocycles. The highest BCUT2D eigenvalue weighted by Crippen LogP contribution is 2.28. The van der Waals surface area contributed by atoms with Crippen LogP contribution in [0, 0.1) is 10.1 Å². The monoisotopic (exact) mass is 244 g/mol. The molecule has 92 valence electrons. The van der Waals surface area contributed by atoms with E-state index in [0.29, 0.717) is 5.56 Å². The third-order valence-electron chi connectivity index (χ3n) is 2.70. The Hall–Kier alpha value is -2.27. The van der Waals surface area contributed by atoms with Crippen molar-refractivity contribution >= 4 is 0 Å². The molecule has 0 saturated heterocycles. The summed E-state index contributed by atoms with van der Waals surface area (Å²) >= 11 is 0. The van der Waals surface area contributed by atoms with Crippen LogP contribution in [0.4, 0.5) is 0 Å². The van der Waals surface area contributed by atoms with Gasteiger partial charge in [-0.05, 0) is 17.7 Å². The lowest BCUT2D eigenvalue weighted by atomic mass is 9.90. The maximum atomic E-state index is 10.8. The molecule has 18 heavy (non-hydrogen) atoms. The molecule has 0 aliphatic carbocycles. The van der Waals surface area contributed by atoms with E-state index in [1.807, 2.05) is 0 Å². The van der Waals surface area contributed by atoms with Gasteiger partial charge in [0, 0.05) is 11.1 Å². The first-order chi connectivity index (χ1) is 8.63. The van der Waals surface area contributed by atoms with Gasteiger partial charge in [-0.15, -0.1) is 0 Å². The minimum atomic E-state index is -1.70. The topological polar surface area (TPSA) is 76.3 Å². The highest BCUT2D eigenvalue weighted by atomic mass is 16.6. The Bertz CT molecular complexity index is 489. The van der Waals surface area contributed by atoms with Gasteiger partial charge in [-0.1, -0.05) is 36.4 Å². The molecule has 0 spiro atoms. The molecule has 1 aromatic heterocycles. The van der Waals surface area contributed by atoms with Crippen molar-refractivity contribution in [3.63, 3.8) is 0 Å². The number of hydrogen-bond donors (Lipinski definition) is 1. The van der Waals surface area contributed by atoms with Gasteiger partial charge >= 0.3 is 0 Å². The fourth-order valence-corrected chi connectivity index (χ4v) is 1.83. The zero-order chi connectivity index (χ0) is 13.0. The van der Waals surface area contributed by atoms with Crippen molar-refractivity contribution in [2.24, 2.45) is 0 Å². The second kappa shape index (κ2) is 4.93. The van der Waals surface area contributed by atoms with Crippen molar-refractivity contribution in [3.8, 4) is 0 Å². The third kappa shape index (κ3) is 2.36. The minimum absolute atomic E-state index is 0.271. The van der Waals surface area contributed by atoms with E-state index in [-0.39, 0.29) is 5.69 Å². The summed E-state index contributed by atoms with van der Waals surface area (Å²) in [5.41, 5.74) is -0.972. The average molecular weight is 244 g/mol. The van der Waals surface area contributed by atoms with Crippen LogP contribution >= 0.6 is 0 Å². The molecule has 1 unspecified atom stereocenters. The Morgan fingerprint density at radius 1 is 1.17 bits per heavy atom. The molecular weight excluding hydrogens is 232 g/mol. The molecule has 1 aromatic carbocycles. The summed E-state index contributed by atoms with van der Waals surface area (Å²) in [5, 5.41) is 21.4. The Balaban J connectivity index is 2.51. The van der Waals surface area contributed by atoms with E-state index >= 15 is 0 Å². The number of hydrogen-bond acceptors (Lipinski definition) is 4. The minimum Gasteiger partial charge on any atom is -0.373 e. The molecule has 1 atom stereocenters. The second-order valence-electron chi connectivity index (χ2n) is 3.93. The Labute approximate surface area is 104 Å². The molecule has 0 aliphatic heterocycles. The molecule has 5 nitrogen and oxygen atoms in total. The van der Waals surface area contributed by atoms with Crippen LogP contribution in [0.5, 0.6) is 0 Å². The fourth-order valence-electron chi connectivity index (χ4n) is 1.83. The summed E-state index contributed by atoms with van der Waals surface area (Å²) in [6, 6.07) is 13.5. The predicted molar refractivity (Wildman–Crippen MR) is 65.5 cm³/mol. The van der Waals surface area contributed by atoms with Crippen molar-refractivity contribution in [1.82, 2.24) is 4.98 Å². The molecule has 0 fully saturated rings. The lowest BCUT2D eigenvalue weighted by molar-refractivity contribution is -0.499. The fraction of sp³-hybridized carbons (Fsp3) is 0.154. The molecule has 0 radical (unpaired) electrons. The molecular formula is C13H12N2O3. The number of rotatable bonds is 4. The Morgan fingerprint density at radius 3 is 2.39 bits per heavy atom. The van der Waals surface area contributed by atoms with Gasteiger partial charge in [-0.3, -0.25) is 15.1 Å². The quantitative estimate of drug-likeness (QED) is 0.654. The molecule has 1 N–H and O–H groups in total. The first kappa shape index (κ1) is 12.2. The summed E-state index contributed by atoms with van der Waals surface area (Å²) in [6.45, 7) is -0.617. The summed E-state index contributed by atoms with van der Waals surface area (Å²) in [7, 11) is 0. The zero-order valence-corrected chi connectivity index (χ0v) is 9.56. The van der Waals surface area contributed by atoms with E-state index in [4.69, 9.17) is 0 Å². The number of pyridine rings is 1. The number of nitro groups is 1. The SMILES string of the molecule is O=[N+]([O-])CC(O)(c1ccccc1)c1ccccn1. The highest BCUT2D eigenvalue weighted by Gasteiger charge is 2.38. The maximum absolute atomic E-state index is 10.8. The first-order valence-corrected chi connectivity index (χ1v) is 5.44. The summed E-state index contributed by atoms with van der Waals surface area (Å²) < 4.78 is 0. The van der Waals surface area contributed by atoms with Gasteiger partial charge < -0.3 is 5.11 Å². The Kier molecular flexibility index (Phi) is 3.34. The van der Waals surface area contributed by atoms with Crippen LogP contribution in [0.3, 0.4) is 0 Å². The van der Waals surface area contributed by atoms with Crippen molar-refractivity contribution < 1.29 is 10.0 Å². The van der Waals surface area contributed by atoms with Gasteiger partial charge in [0.1, 0.15) is 0 Å². The van der Waals surface area contributed by atoms with Gasteiger partial charge in [0.15, 0.2) is 5.60 Å². The van der Waals surface area contributed by atoms with E-state index in [9.17, 15) is 15.2 Å². The van der Waals surface area contributed by atoms with E-state index in [1.165, 1.54) is 6.20 Å². The molecule has 0 saturated carbocycles. The van der Waals surface area contributed by atoms with Crippen molar-refractivity contribution in [2.45, 2.75) is 5.60 Å². The van der Waals surface area contributed by atoms with E-state index in [1.54, 1.807) is 48.5 Å². The third-order valence-corrected chi connectivity index (χ3v) is 2.70. The van der Waals surface area contributed by atoms with Gasteiger partial charge in [0.25, 0.3) is 0 Å².